The smallest absolute Gasteiger partial charge is 0.273 e. The van der Waals surface area contributed by atoms with Gasteiger partial charge in [-0.25, -0.2) is 4.98 Å². The number of rotatable bonds is 2. The second-order valence-corrected chi connectivity index (χ2v) is 6.27. The Bertz CT molecular complexity index is 669. The van der Waals surface area contributed by atoms with E-state index in [1.165, 1.54) is 11.3 Å². The number of halogens is 2. The first-order valence-corrected chi connectivity index (χ1v) is 8.06. The summed E-state index contributed by atoms with van der Waals surface area (Å²) in [5.74, 6) is -0.0640. The zero-order valence-corrected chi connectivity index (χ0v) is 13.3. The standard InChI is InChI=1S/C14H12Cl2N2O2S/c15-9-1-2-10(11(16)7-9)13-17-12(8-21-13)14(19)18-3-5-20-6-4-18/h1-2,7-8H,3-6H2. The van der Waals surface area contributed by atoms with Crippen LogP contribution in [-0.4, -0.2) is 42.1 Å². The lowest BCUT2D eigenvalue weighted by Gasteiger charge is -2.25. The molecule has 1 saturated heterocycles. The van der Waals surface area contributed by atoms with E-state index in [1.807, 2.05) is 6.07 Å². The van der Waals surface area contributed by atoms with Crippen LogP contribution in [0.5, 0.6) is 0 Å². The van der Waals surface area contributed by atoms with Crippen molar-refractivity contribution in [2.24, 2.45) is 0 Å². The highest BCUT2D eigenvalue weighted by Crippen LogP contribution is 2.32. The van der Waals surface area contributed by atoms with E-state index in [0.29, 0.717) is 47.1 Å². The zero-order chi connectivity index (χ0) is 14.8. The minimum atomic E-state index is -0.0640. The number of ether oxygens (including phenoxy) is 1. The molecule has 1 aliphatic heterocycles. The molecule has 7 heteroatoms. The van der Waals surface area contributed by atoms with Gasteiger partial charge < -0.3 is 9.64 Å². The predicted octanol–water partition coefficient (Wildman–Crippen LogP) is 3.59. The molecule has 0 unspecified atom stereocenters. The highest BCUT2D eigenvalue weighted by atomic mass is 35.5. The Morgan fingerprint density at radius 1 is 1.29 bits per heavy atom. The summed E-state index contributed by atoms with van der Waals surface area (Å²) < 4.78 is 5.25. The van der Waals surface area contributed by atoms with Crippen LogP contribution in [0.4, 0.5) is 0 Å². The minimum absolute atomic E-state index is 0.0640. The van der Waals surface area contributed by atoms with Gasteiger partial charge in [-0.05, 0) is 18.2 Å². The normalized spacial score (nSPS) is 15.2. The number of amides is 1. The van der Waals surface area contributed by atoms with Crippen molar-refractivity contribution in [2.75, 3.05) is 26.3 Å². The van der Waals surface area contributed by atoms with E-state index in [1.54, 1.807) is 22.4 Å². The first kappa shape index (κ1) is 14.8. The third-order valence-corrected chi connectivity index (χ3v) is 4.61. The third kappa shape index (κ3) is 3.21. The molecule has 0 atom stereocenters. The molecule has 3 rings (SSSR count). The molecular formula is C14H12Cl2N2O2S. The predicted molar refractivity (Wildman–Crippen MR) is 84.3 cm³/mol. The quantitative estimate of drug-likeness (QED) is 0.837. The van der Waals surface area contributed by atoms with Crippen LogP contribution in [0, 0.1) is 0 Å². The van der Waals surface area contributed by atoms with Gasteiger partial charge in [0.15, 0.2) is 0 Å². The first-order chi connectivity index (χ1) is 10.1. The van der Waals surface area contributed by atoms with Crippen molar-refractivity contribution in [3.63, 3.8) is 0 Å². The monoisotopic (exact) mass is 342 g/mol. The second kappa shape index (κ2) is 6.32. The Morgan fingerprint density at radius 3 is 2.76 bits per heavy atom. The second-order valence-electron chi connectivity index (χ2n) is 4.57. The van der Waals surface area contributed by atoms with Gasteiger partial charge in [0.2, 0.25) is 0 Å². The average Bonchev–Trinajstić information content (AvgIpc) is 2.97. The summed E-state index contributed by atoms with van der Waals surface area (Å²) >= 11 is 13.5. The molecule has 21 heavy (non-hydrogen) atoms. The number of hydrogen-bond acceptors (Lipinski definition) is 4. The van der Waals surface area contributed by atoms with Crippen molar-refractivity contribution in [1.82, 2.24) is 9.88 Å². The molecule has 1 amide bonds. The lowest BCUT2D eigenvalue weighted by molar-refractivity contribution is 0.0299. The molecule has 1 aromatic heterocycles. The van der Waals surface area contributed by atoms with Gasteiger partial charge in [-0.2, -0.15) is 0 Å². The van der Waals surface area contributed by atoms with E-state index < -0.39 is 0 Å². The van der Waals surface area contributed by atoms with Crippen LogP contribution in [0.15, 0.2) is 23.6 Å². The summed E-state index contributed by atoms with van der Waals surface area (Å²) in [4.78, 5) is 18.5. The van der Waals surface area contributed by atoms with Crippen molar-refractivity contribution in [1.29, 1.82) is 0 Å². The van der Waals surface area contributed by atoms with E-state index >= 15 is 0 Å². The number of thiazole rings is 1. The van der Waals surface area contributed by atoms with Gasteiger partial charge in [0.05, 0.1) is 18.2 Å². The fourth-order valence-corrected chi connectivity index (χ4v) is 3.47. The van der Waals surface area contributed by atoms with Crippen LogP contribution in [-0.2, 0) is 4.74 Å². The van der Waals surface area contributed by atoms with Gasteiger partial charge in [0.1, 0.15) is 10.7 Å². The maximum Gasteiger partial charge on any atom is 0.273 e. The Hall–Kier alpha value is -1.14. The maximum atomic E-state index is 12.3. The molecule has 2 aromatic rings. The van der Waals surface area contributed by atoms with Crippen LogP contribution >= 0.6 is 34.5 Å². The molecular weight excluding hydrogens is 331 g/mol. The largest absolute Gasteiger partial charge is 0.378 e. The SMILES string of the molecule is O=C(c1csc(-c2ccc(Cl)cc2Cl)n1)N1CCOCC1. The number of benzene rings is 1. The topological polar surface area (TPSA) is 42.4 Å². The number of carbonyl (C=O) groups excluding carboxylic acids is 1. The summed E-state index contributed by atoms with van der Waals surface area (Å²) in [5.41, 5.74) is 1.23. The van der Waals surface area contributed by atoms with Crippen LogP contribution in [0.1, 0.15) is 10.5 Å². The van der Waals surface area contributed by atoms with Crippen molar-refractivity contribution in [3.05, 3.63) is 39.3 Å². The summed E-state index contributed by atoms with van der Waals surface area (Å²) in [6.45, 7) is 2.36. The molecule has 0 saturated carbocycles. The molecule has 0 bridgehead atoms. The van der Waals surface area contributed by atoms with Gasteiger partial charge in [0, 0.05) is 29.1 Å². The van der Waals surface area contributed by atoms with E-state index in [4.69, 9.17) is 27.9 Å². The Balaban J connectivity index is 1.84. The van der Waals surface area contributed by atoms with Crippen molar-refractivity contribution < 1.29 is 9.53 Å². The molecule has 1 aromatic carbocycles. The van der Waals surface area contributed by atoms with Crippen LogP contribution in [0.2, 0.25) is 10.0 Å². The molecule has 0 aliphatic carbocycles. The van der Waals surface area contributed by atoms with Crippen LogP contribution in [0.3, 0.4) is 0 Å². The van der Waals surface area contributed by atoms with Gasteiger partial charge in [0.25, 0.3) is 5.91 Å². The zero-order valence-electron chi connectivity index (χ0n) is 11.0. The number of nitrogens with zero attached hydrogens (tertiary/aromatic N) is 2. The van der Waals surface area contributed by atoms with Gasteiger partial charge >= 0.3 is 0 Å². The lowest BCUT2D eigenvalue weighted by Crippen LogP contribution is -2.40. The molecule has 0 spiro atoms. The third-order valence-electron chi connectivity index (χ3n) is 3.18. The molecule has 110 valence electrons. The molecule has 0 radical (unpaired) electrons. The number of hydrogen-bond donors (Lipinski definition) is 0. The number of carbonyl (C=O) groups is 1. The summed E-state index contributed by atoms with van der Waals surface area (Å²) in [5, 5.41) is 3.58. The number of morpholine rings is 1. The van der Waals surface area contributed by atoms with Crippen LogP contribution < -0.4 is 0 Å². The highest BCUT2D eigenvalue weighted by molar-refractivity contribution is 7.13. The van der Waals surface area contributed by atoms with Gasteiger partial charge in [-0.3, -0.25) is 4.79 Å². The maximum absolute atomic E-state index is 12.3. The average molecular weight is 343 g/mol. The van der Waals surface area contributed by atoms with E-state index in [9.17, 15) is 4.79 Å². The molecule has 1 aliphatic rings. The van der Waals surface area contributed by atoms with Crippen LogP contribution in [0.25, 0.3) is 10.6 Å². The van der Waals surface area contributed by atoms with Gasteiger partial charge in [-0.1, -0.05) is 23.2 Å². The highest BCUT2D eigenvalue weighted by Gasteiger charge is 2.21. The van der Waals surface area contributed by atoms with Crippen molar-refractivity contribution in [2.45, 2.75) is 0 Å². The van der Waals surface area contributed by atoms with E-state index in [2.05, 4.69) is 4.98 Å². The Labute approximate surface area is 136 Å². The van der Waals surface area contributed by atoms with E-state index in [-0.39, 0.29) is 5.91 Å². The first-order valence-electron chi connectivity index (χ1n) is 6.43. The van der Waals surface area contributed by atoms with Crippen molar-refractivity contribution in [3.8, 4) is 10.6 Å². The summed E-state index contributed by atoms with van der Waals surface area (Å²) in [6.07, 6.45) is 0. The van der Waals surface area contributed by atoms with Crippen molar-refractivity contribution >= 4 is 40.4 Å². The molecule has 0 N–H and O–H groups in total. The van der Waals surface area contributed by atoms with Gasteiger partial charge in [-0.15, -0.1) is 11.3 Å². The molecule has 1 fully saturated rings. The fraction of sp³-hybridized carbons (Fsp3) is 0.286. The minimum Gasteiger partial charge on any atom is -0.378 e. The van der Waals surface area contributed by atoms with E-state index in [0.717, 1.165) is 5.56 Å². The Kier molecular flexibility index (Phi) is 4.45. The lowest BCUT2D eigenvalue weighted by atomic mass is 10.2. The summed E-state index contributed by atoms with van der Waals surface area (Å²) in [7, 11) is 0. The number of aromatic nitrogens is 1. The summed E-state index contributed by atoms with van der Waals surface area (Å²) in [6, 6.07) is 5.24. The molecule has 2 heterocycles. The fourth-order valence-electron chi connectivity index (χ4n) is 2.09. The molecule has 4 nitrogen and oxygen atoms in total. The Morgan fingerprint density at radius 2 is 2.05 bits per heavy atom.